The summed E-state index contributed by atoms with van der Waals surface area (Å²) in [5.41, 5.74) is 0.565. The van der Waals surface area contributed by atoms with Gasteiger partial charge in [0.15, 0.2) is 6.29 Å². The van der Waals surface area contributed by atoms with Crippen LogP contribution >= 0.6 is 0 Å². The molecule has 0 aromatic heterocycles. The normalized spacial score (nSPS) is 37.4. The maximum atomic E-state index is 12.3. The molecule has 3 aliphatic rings. The summed E-state index contributed by atoms with van der Waals surface area (Å²) in [6, 6.07) is 0. The minimum atomic E-state index is -0.207. The molecule has 4 nitrogen and oxygen atoms in total. The molecule has 198 valence electrons. The minimum absolute atomic E-state index is 0.0481. The third-order valence-electron chi connectivity index (χ3n) is 10.9. The van der Waals surface area contributed by atoms with Crippen molar-refractivity contribution in [1.82, 2.24) is 0 Å². The van der Waals surface area contributed by atoms with E-state index in [1.165, 1.54) is 84.2 Å². The molecular weight excluding hydrogens is 424 g/mol. The summed E-state index contributed by atoms with van der Waals surface area (Å²) in [7, 11) is 5.01. The highest BCUT2D eigenvalue weighted by Gasteiger charge is 2.59. The molecule has 7 atom stereocenters. The molecule has 4 heteroatoms. The van der Waals surface area contributed by atoms with Crippen molar-refractivity contribution in [2.24, 2.45) is 40.4 Å². The number of methoxy groups -OCH3 is 3. The lowest BCUT2D eigenvalue weighted by Crippen LogP contribution is -2.53. The molecule has 0 amide bonds. The molecule has 0 saturated heterocycles. The van der Waals surface area contributed by atoms with Gasteiger partial charge in [0.2, 0.25) is 0 Å². The van der Waals surface area contributed by atoms with Crippen LogP contribution in [0.5, 0.6) is 0 Å². The third-order valence-corrected chi connectivity index (χ3v) is 10.9. The van der Waals surface area contributed by atoms with Crippen LogP contribution in [0, 0.1) is 40.4 Å². The molecule has 0 N–H and O–H groups in total. The second kappa shape index (κ2) is 12.6. The van der Waals surface area contributed by atoms with Crippen molar-refractivity contribution in [2.45, 2.75) is 123 Å². The first-order chi connectivity index (χ1) is 16.3. The van der Waals surface area contributed by atoms with Crippen molar-refractivity contribution in [3.63, 3.8) is 0 Å². The molecule has 34 heavy (non-hydrogen) atoms. The predicted octanol–water partition coefficient (Wildman–Crippen LogP) is 7.78. The minimum Gasteiger partial charge on any atom is -0.469 e. The van der Waals surface area contributed by atoms with Crippen LogP contribution in [0.25, 0.3) is 0 Å². The zero-order chi connectivity index (χ0) is 24.8. The summed E-state index contributed by atoms with van der Waals surface area (Å²) in [6.45, 7) is 7.38. The lowest BCUT2D eigenvalue weighted by Gasteiger charge is -2.59. The fourth-order valence-corrected chi connectivity index (χ4v) is 8.85. The van der Waals surface area contributed by atoms with E-state index in [9.17, 15) is 4.79 Å². The summed E-state index contributed by atoms with van der Waals surface area (Å²) in [4.78, 5) is 12.3. The van der Waals surface area contributed by atoms with E-state index in [1.807, 2.05) is 0 Å². The largest absolute Gasteiger partial charge is 0.469 e. The maximum absolute atomic E-state index is 12.3. The standard InChI is InChI=1S/C30H54O4/c1-7-8-9-10-11-12-13-22-15-17-25-24-16-14-23(20-27(31)32-4)30(3,21-28(33-5)34-6)26(24)18-19-29(22,25)2/h22-26,28H,7-21H2,1-6H3/t22?,23-,24?,25?,26?,29+,30-/m0/s1. The van der Waals surface area contributed by atoms with Crippen LogP contribution in [0.4, 0.5) is 0 Å². The Labute approximate surface area is 210 Å². The Morgan fingerprint density at radius 1 is 0.853 bits per heavy atom. The van der Waals surface area contributed by atoms with Crippen molar-refractivity contribution in [3.8, 4) is 0 Å². The average molecular weight is 479 g/mol. The predicted molar refractivity (Wildman–Crippen MR) is 138 cm³/mol. The van der Waals surface area contributed by atoms with Crippen molar-refractivity contribution in [2.75, 3.05) is 21.3 Å². The van der Waals surface area contributed by atoms with Crippen molar-refractivity contribution >= 4 is 5.97 Å². The Morgan fingerprint density at radius 2 is 1.53 bits per heavy atom. The topological polar surface area (TPSA) is 44.8 Å². The highest BCUT2D eigenvalue weighted by molar-refractivity contribution is 5.69. The van der Waals surface area contributed by atoms with E-state index >= 15 is 0 Å². The van der Waals surface area contributed by atoms with Gasteiger partial charge in [0, 0.05) is 27.1 Å². The van der Waals surface area contributed by atoms with E-state index in [1.54, 1.807) is 14.2 Å². The van der Waals surface area contributed by atoms with E-state index < -0.39 is 0 Å². The van der Waals surface area contributed by atoms with Crippen molar-refractivity contribution in [1.29, 1.82) is 0 Å². The van der Waals surface area contributed by atoms with Crippen LogP contribution in [-0.2, 0) is 19.0 Å². The van der Waals surface area contributed by atoms with Crippen molar-refractivity contribution < 1.29 is 19.0 Å². The highest BCUT2D eigenvalue weighted by atomic mass is 16.7. The quantitative estimate of drug-likeness (QED) is 0.154. The smallest absolute Gasteiger partial charge is 0.305 e. The molecule has 0 aromatic carbocycles. The molecule has 0 aliphatic heterocycles. The van der Waals surface area contributed by atoms with Gasteiger partial charge < -0.3 is 14.2 Å². The van der Waals surface area contributed by atoms with E-state index in [-0.39, 0.29) is 17.7 Å². The molecule has 0 heterocycles. The van der Waals surface area contributed by atoms with E-state index in [0.29, 0.717) is 23.7 Å². The number of ether oxygens (including phenoxy) is 3. The molecule has 3 saturated carbocycles. The fourth-order valence-electron chi connectivity index (χ4n) is 8.85. The zero-order valence-corrected chi connectivity index (χ0v) is 23.2. The van der Waals surface area contributed by atoms with Gasteiger partial charge in [-0.1, -0.05) is 59.3 Å². The fraction of sp³-hybridized carbons (Fsp3) is 0.967. The van der Waals surface area contributed by atoms with Crippen LogP contribution in [0.15, 0.2) is 0 Å². The molecule has 3 aliphatic carbocycles. The third kappa shape index (κ3) is 5.85. The average Bonchev–Trinajstić information content (AvgIpc) is 3.17. The Hall–Kier alpha value is -0.610. The Morgan fingerprint density at radius 3 is 2.21 bits per heavy atom. The second-order valence-electron chi connectivity index (χ2n) is 12.4. The van der Waals surface area contributed by atoms with Gasteiger partial charge >= 0.3 is 5.97 Å². The Balaban J connectivity index is 1.71. The molecule has 3 fully saturated rings. The lowest BCUT2D eigenvalue weighted by molar-refractivity contribution is -0.174. The highest BCUT2D eigenvalue weighted by Crippen LogP contribution is 2.67. The molecule has 0 aromatic rings. The Kier molecular flexibility index (Phi) is 10.3. The summed E-state index contributed by atoms with van der Waals surface area (Å²) in [6.07, 6.45) is 18.9. The van der Waals surface area contributed by atoms with Gasteiger partial charge in [0.25, 0.3) is 0 Å². The number of carbonyl (C=O) groups excluding carboxylic acids is 1. The number of carbonyl (C=O) groups is 1. The molecule has 0 bridgehead atoms. The number of unbranched alkanes of at least 4 members (excludes halogenated alkanes) is 5. The molecule has 0 spiro atoms. The first kappa shape index (κ1) is 28.0. The number of esters is 1. The second-order valence-corrected chi connectivity index (χ2v) is 12.4. The van der Waals surface area contributed by atoms with Crippen LogP contribution in [0.2, 0.25) is 0 Å². The van der Waals surface area contributed by atoms with E-state index in [2.05, 4.69) is 20.8 Å². The van der Waals surface area contributed by atoms with Gasteiger partial charge in [-0.15, -0.1) is 0 Å². The van der Waals surface area contributed by atoms with Crippen LogP contribution in [0.3, 0.4) is 0 Å². The van der Waals surface area contributed by atoms with E-state index in [4.69, 9.17) is 14.2 Å². The van der Waals surface area contributed by atoms with Gasteiger partial charge in [-0.3, -0.25) is 4.79 Å². The molecule has 3 rings (SSSR count). The number of hydrogen-bond donors (Lipinski definition) is 0. The molecular formula is C30H54O4. The van der Waals surface area contributed by atoms with Gasteiger partial charge in [0.1, 0.15) is 0 Å². The van der Waals surface area contributed by atoms with Gasteiger partial charge in [-0.05, 0) is 85.4 Å². The first-order valence-electron chi connectivity index (χ1n) is 14.5. The summed E-state index contributed by atoms with van der Waals surface area (Å²) < 4.78 is 16.5. The maximum Gasteiger partial charge on any atom is 0.305 e. The summed E-state index contributed by atoms with van der Waals surface area (Å²) >= 11 is 0. The van der Waals surface area contributed by atoms with Gasteiger partial charge in [-0.25, -0.2) is 0 Å². The molecule has 4 unspecified atom stereocenters. The first-order valence-corrected chi connectivity index (χ1v) is 14.5. The van der Waals surface area contributed by atoms with Gasteiger partial charge in [0.05, 0.1) is 7.11 Å². The number of hydrogen-bond acceptors (Lipinski definition) is 4. The van der Waals surface area contributed by atoms with Gasteiger partial charge in [-0.2, -0.15) is 0 Å². The van der Waals surface area contributed by atoms with Crippen LogP contribution in [0.1, 0.15) is 117 Å². The summed E-state index contributed by atoms with van der Waals surface area (Å²) in [5.74, 6) is 3.46. The zero-order valence-electron chi connectivity index (χ0n) is 23.2. The van der Waals surface area contributed by atoms with Crippen molar-refractivity contribution in [3.05, 3.63) is 0 Å². The van der Waals surface area contributed by atoms with E-state index in [0.717, 1.165) is 30.6 Å². The summed E-state index contributed by atoms with van der Waals surface area (Å²) in [5, 5.41) is 0. The SMILES string of the molecule is CCCCCCCCC1CCC2C3CC[C@@H](CC(=O)OC)[C@](C)(CC(OC)OC)C3CC[C@]12C. The number of fused-ring (bicyclic) bond motifs is 3. The van der Waals surface area contributed by atoms with Crippen LogP contribution in [-0.4, -0.2) is 33.6 Å². The van der Waals surface area contributed by atoms with Crippen LogP contribution < -0.4 is 0 Å². The Bertz CT molecular complexity index is 631. The number of rotatable bonds is 13. The lowest BCUT2D eigenvalue weighted by atomic mass is 9.46. The molecule has 0 radical (unpaired) electrons. The monoisotopic (exact) mass is 478 g/mol.